The van der Waals surface area contributed by atoms with Gasteiger partial charge in [0.05, 0.1) is 6.04 Å². The summed E-state index contributed by atoms with van der Waals surface area (Å²) in [5.74, 6) is 0.653. The standard InChI is InChI=1S/C11H14N4S/c1-7-4-5-12-11(14-7)15-9(3)10-13-6-8(2)16-10/h4-6,9H,1-3H3,(H,12,14,15). The minimum absolute atomic E-state index is 0.139. The molecule has 0 aliphatic carbocycles. The van der Waals surface area contributed by atoms with Crippen molar-refractivity contribution in [3.8, 4) is 0 Å². The van der Waals surface area contributed by atoms with E-state index in [-0.39, 0.29) is 6.04 Å². The van der Waals surface area contributed by atoms with Crippen molar-refractivity contribution in [2.75, 3.05) is 5.32 Å². The van der Waals surface area contributed by atoms with E-state index in [9.17, 15) is 0 Å². The predicted molar refractivity (Wildman–Crippen MR) is 65.7 cm³/mol. The molecule has 0 fully saturated rings. The van der Waals surface area contributed by atoms with E-state index >= 15 is 0 Å². The van der Waals surface area contributed by atoms with Crippen LogP contribution in [0.15, 0.2) is 18.5 Å². The van der Waals surface area contributed by atoms with Crippen molar-refractivity contribution in [3.63, 3.8) is 0 Å². The average molecular weight is 234 g/mol. The molecule has 2 aromatic heterocycles. The van der Waals surface area contributed by atoms with Crippen molar-refractivity contribution in [1.29, 1.82) is 0 Å². The van der Waals surface area contributed by atoms with Crippen LogP contribution in [-0.2, 0) is 0 Å². The molecule has 0 spiro atoms. The van der Waals surface area contributed by atoms with Gasteiger partial charge in [0.2, 0.25) is 5.95 Å². The van der Waals surface area contributed by atoms with Crippen LogP contribution in [0.5, 0.6) is 0 Å². The van der Waals surface area contributed by atoms with Crippen molar-refractivity contribution < 1.29 is 0 Å². The van der Waals surface area contributed by atoms with Crippen LogP contribution in [0.2, 0.25) is 0 Å². The van der Waals surface area contributed by atoms with Crippen LogP contribution in [-0.4, -0.2) is 15.0 Å². The van der Waals surface area contributed by atoms with Gasteiger partial charge in [-0.25, -0.2) is 15.0 Å². The van der Waals surface area contributed by atoms with Crippen LogP contribution >= 0.6 is 11.3 Å². The second kappa shape index (κ2) is 4.57. The first-order chi connectivity index (χ1) is 7.65. The van der Waals surface area contributed by atoms with Gasteiger partial charge in [-0.05, 0) is 26.8 Å². The predicted octanol–water partition coefficient (Wildman–Crippen LogP) is 2.72. The third kappa shape index (κ3) is 2.55. The average Bonchev–Trinajstić information content (AvgIpc) is 2.65. The number of aromatic nitrogens is 3. The van der Waals surface area contributed by atoms with Gasteiger partial charge >= 0.3 is 0 Å². The van der Waals surface area contributed by atoms with Crippen molar-refractivity contribution in [3.05, 3.63) is 34.0 Å². The van der Waals surface area contributed by atoms with E-state index < -0.39 is 0 Å². The van der Waals surface area contributed by atoms with Gasteiger partial charge in [-0.3, -0.25) is 0 Å². The molecule has 0 aromatic carbocycles. The van der Waals surface area contributed by atoms with E-state index in [4.69, 9.17) is 0 Å². The molecule has 5 heteroatoms. The maximum Gasteiger partial charge on any atom is 0.223 e. The summed E-state index contributed by atoms with van der Waals surface area (Å²) in [5.41, 5.74) is 0.958. The van der Waals surface area contributed by atoms with Crippen molar-refractivity contribution >= 4 is 17.3 Å². The van der Waals surface area contributed by atoms with Gasteiger partial charge in [-0.2, -0.15) is 0 Å². The molecule has 2 aromatic rings. The molecular weight excluding hydrogens is 220 g/mol. The zero-order valence-electron chi connectivity index (χ0n) is 9.56. The fourth-order valence-corrected chi connectivity index (χ4v) is 2.12. The van der Waals surface area contributed by atoms with Gasteiger partial charge in [0.1, 0.15) is 5.01 Å². The number of aryl methyl sites for hydroxylation is 2. The van der Waals surface area contributed by atoms with Gasteiger partial charge in [-0.1, -0.05) is 0 Å². The number of hydrogen-bond donors (Lipinski definition) is 1. The molecule has 4 nitrogen and oxygen atoms in total. The number of rotatable bonds is 3. The maximum absolute atomic E-state index is 4.33. The Kier molecular flexibility index (Phi) is 3.14. The van der Waals surface area contributed by atoms with E-state index in [1.54, 1.807) is 17.5 Å². The Morgan fingerprint density at radius 3 is 2.75 bits per heavy atom. The van der Waals surface area contributed by atoms with E-state index in [2.05, 4.69) is 34.1 Å². The molecule has 0 amide bonds. The fraction of sp³-hybridized carbons (Fsp3) is 0.364. The Morgan fingerprint density at radius 1 is 1.31 bits per heavy atom. The molecule has 0 saturated heterocycles. The van der Waals surface area contributed by atoms with E-state index in [1.807, 2.05) is 19.2 Å². The lowest BCUT2D eigenvalue weighted by Crippen LogP contribution is -2.09. The zero-order valence-corrected chi connectivity index (χ0v) is 10.4. The molecule has 2 rings (SSSR count). The van der Waals surface area contributed by atoms with E-state index in [0.29, 0.717) is 5.95 Å². The molecule has 0 saturated carbocycles. The van der Waals surface area contributed by atoms with E-state index in [0.717, 1.165) is 10.7 Å². The minimum Gasteiger partial charge on any atom is -0.345 e. The van der Waals surface area contributed by atoms with Crippen molar-refractivity contribution in [1.82, 2.24) is 15.0 Å². The highest BCUT2D eigenvalue weighted by Crippen LogP contribution is 2.21. The highest BCUT2D eigenvalue weighted by Gasteiger charge is 2.10. The van der Waals surface area contributed by atoms with Crippen LogP contribution in [0, 0.1) is 13.8 Å². The maximum atomic E-state index is 4.33. The molecule has 1 N–H and O–H groups in total. The van der Waals surface area contributed by atoms with Crippen LogP contribution < -0.4 is 5.32 Å². The van der Waals surface area contributed by atoms with E-state index in [1.165, 1.54) is 4.88 Å². The summed E-state index contributed by atoms with van der Waals surface area (Å²) in [6.45, 7) is 6.06. The Morgan fingerprint density at radius 2 is 2.12 bits per heavy atom. The lowest BCUT2D eigenvalue weighted by Gasteiger charge is -2.10. The van der Waals surface area contributed by atoms with Gasteiger partial charge in [-0.15, -0.1) is 11.3 Å². The zero-order chi connectivity index (χ0) is 11.5. The summed E-state index contributed by atoms with van der Waals surface area (Å²) in [4.78, 5) is 14.0. The summed E-state index contributed by atoms with van der Waals surface area (Å²) >= 11 is 1.69. The molecule has 0 radical (unpaired) electrons. The molecule has 2 heterocycles. The number of nitrogens with zero attached hydrogens (tertiary/aromatic N) is 3. The van der Waals surface area contributed by atoms with Gasteiger partial charge in [0, 0.05) is 23.0 Å². The number of hydrogen-bond acceptors (Lipinski definition) is 5. The smallest absolute Gasteiger partial charge is 0.223 e. The van der Waals surface area contributed by atoms with Gasteiger partial charge in [0.15, 0.2) is 0 Å². The highest BCUT2D eigenvalue weighted by atomic mass is 32.1. The molecule has 84 valence electrons. The number of anilines is 1. The quantitative estimate of drug-likeness (QED) is 0.887. The monoisotopic (exact) mass is 234 g/mol. The van der Waals surface area contributed by atoms with Gasteiger partial charge in [0.25, 0.3) is 0 Å². The van der Waals surface area contributed by atoms with Crippen LogP contribution in [0.4, 0.5) is 5.95 Å². The summed E-state index contributed by atoms with van der Waals surface area (Å²) < 4.78 is 0. The minimum atomic E-state index is 0.139. The van der Waals surface area contributed by atoms with Crippen LogP contribution in [0.25, 0.3) is 0 Å². The Hall–Kier alpha value is -1.49. The topological polar surface area (TPSA) is 50.7 Å². The van der Waals surface area contributed by atoms with Crippen LogP contribution in [0.3, 0.4) is 0 Å². The molecule has 1 unspecified atom stereocenters. The summed E-state index contributed by atoms with van der Waals surface area (Å²) in [7, 11) is 0. The first-order valence-corrected chi connectivity index (χ1v) is 5.95. The molecular formula is C11H14N4S. The Balaban J connectivity index is 2.10. The third-order valence-corrected chi connectivity index (χ3v) is 3.25. The summed E-state index contributed by atoms with van der Waals surface area (Å²) in [6, 6.07) is 2.02. The fourth-order valence-electron chi connectivity index (χ4n) is 1.35. The van der Waals surface area contributed by atoms with Crippen molar-refractivity contribution in [2.45, 2.75) is 26.8 Å². The largest absolute Gasteiger partial charge is 0.345 e. The summed E-state index contributed by atoms with van der Waals surface area (Å²) in [5, 5.41) is 4.30. The number of nitrogens with one attached hydrogen (secondary N) is 1. The normalized spacial score (nSPS) is 12.4. The van der Waals surface area contributed by atoms with Crippen LogP contribution in [0.1, 0.15) is 28.5 Å². The Labute approximate surface area is 98.8 Å². The van der Waals surface area contributed by atoms with Crippen molar-refractivity contribution in [2.24, 2.45) is 0 Å². The SMILES string of the molecule is Cc1ccnc(NC(C)c2ncc(C)s2)n1. The third-order valence-electron chi connectivity index (χ3n) is 2.15. The lowest BCUT2D eigenvalue weighted by molar-refractivity contribution is 0.845. The second-order valence-electron chi connectivity index (χ2n) is 3.70. The Bertz CT molecular complexity index is 480. The molecule has 0 bridgehead atoms. The number of thiazole rings is 1. The molecule has 1 atom stereocenters. The van der Waals surface area contributed by atoms with Gasteiger partial charge < -0.3 is 5.32 Å². The highest BCUT2D eigenvalue weighted by molar-refractivity contribution is 7.11. The summed E-state index contributed by atoms with van der Waals surface area (Å²) in [6.07, 6.45) is 3.64. The molecule has 0 aliphatic heterocycles. The lowest BCUT2D eigenvalue weighted by atomic mass is 10.3. The molecule has 0 aliphatic rings. The first-order valence-electron chi connectivity index (χ1n) is 5.13. The second-order valence-corrected chi connectivity index (χ2v) is 4.96. The first kappa shape index (κ1) is 11.0. The molecule has 16 heavy (non-hydrogen) atoms.